The summed E-state index contributed by atoms with van der Waals surface area (Å²) in [5.41, 5.74) is 3.33. The van der Waals surface area contributed by atoms with Gasteiger partial charge in [0.05, 0.1) is 17.9 Å². The predicted molar refractivity (Wildman–Crippen MR) is 99.3 cm³/mol. The Balaban J connectivity index is 1.40. The van der Waals surface area contributed by atoms with Crippen LogP contribution < -0.4 is 4.74 Å². The molecule has 0 N–H and O–H groups in total. The van der Waals surface area contributed by atoms with Gasteiger partial charge in [0, 0.05) is 12.0 Å². The number of alkyl halides is 3. The molecule has 146 valence electrons. The minimum Gasteiger partial charge on any atom is -0.493 e. The lowest BCUT2D eigenvalue weighted by Gasteiger charge is -2.07. The number of oxazole rings is 1. The van der Waals surface area contributed by atoms with Crippen LogP contribution in [0.4, 0.5) is 13.2 Å². The van der Waals surface area contributed by atoms with Crippen molar-refractivity contribution in [3.05, 3.63) is 70.6 Å². The number of aromatic nitrogens is 1. The van der Waals surface area contributed by atoms with Gasteiger partial charge in [0.25, 0.3) is 0 Å². The second kappa shape index (κ2) is 7.34. The highest BCUT2D eigenvalue weighted by molar-refractivity contribution is 5.54. The van der Waals surface area contributed by atoms with Crippen molar-refractivity contribution in [3.8, 4) is 17.2 Å². The third kappa shape index (κ3) is 3.91. The van der Waals surface area contributed by atoms with Crippen LogP contribution in [0.3, 0.4) is 0 Å². The summed E-state index contributed by atoms with van der Waals surface area (Å²) < 4.78 is 49.6. The zero-order valence-corrected chi connectivity index (χ0v) is 15.5. The molecule has 1 aliphatic rings. The molecule has 0 unspecified atom stereocenters. The average molecular weight is 387 g/mol. The molecule has 0 spiro atoms. The normalized spacial score (nSPS) is 13.6. The van der Waals surface area contributed by atoms with Crippen molar-refractivity contribution in [2.45, 2.75) is 38.8 Å². The molecule has 2 aromatic carbocycles. The molecule has 6 heteroatoms. The van der Waals surface area contributed by atoms with Crippen LogP contribution >= 0.6 is 0 Å². The molecule has 0 bridgehead atoms. The highest BCUT2D eigenvalue weighted by atomic mass is 19.4. The Kier molecular flexibility index (Phi) is 4.87. The molecule has 0 amide bonds. The first-order valence-electron chi connectivity index (χ1n) is 9.29. The number of hydrogen-bond donors (Lipinski definition) is 0. The van der Waals surface area contributed by atoms with Crippen molar-refractivity contribution in [1.82, 2.24) is 4.98 Å². The Hall–Kier alpha value is -2.76. The third-order valence-corrected chi connectivity index (χ3v) is 5.03. The summed E-state index contributed by atoms with van der Waals surface area (Å²) in [6.07, 6.45) is -0.353. The van der Waals surface area contributed by atoms with Crippen LogP contribution in [-0.4, -0.2) is 11.6 Å². The maximum atomic E-state index is 12.7. The largest absolute Gasteiger partial charge is 0.493 e. The van der Waals surface area contributed by atoms with Crippen LogP contribution in [0.5, 0.6) is 5.75 Å². The number of rotatable bonds is 5. The second-order valence-electron chi connectivity index (χ2n) is 6.98. The first kappa shape index (κ1) is 18.6. The maximum Gasteiger partial charge on any atom is 0.416 e. The first-order valence-corrected chi connectivity index (χ1v) is 9.29. The van der Waals surface area contributed by atoms with E-state index < -0.39 is 11.7 Å². The van der Waals surface area contributed by atoms with Gasteiger partial charge in [-0.2, -0.15) is 13.2 Å². The molecular formula is C22H20F3NO2. The number of fused-ring (bicyclic) bond motifs is 1. The van der Waals surface area contributed by atoms with Crippen LogP contribution in [0.25, 0.3) is 11.5 Å². The van der Waals surface area contributed by atoms with Crippen molar-refractivity contribution >= 4 is 0 Å². The fraction of sp³-hybridized carbons (Fsp3) is 0.318. The Bertz CT molecular complexity index is 974. The van der Waals surface area contributed by atoms with Gasteiger partial charge >= 0.3 is 6.18 Å². The van der Waals surface area contributed by atoms with Gasteiger partial charge in [-0.25, -0.2) is 4.98 Å². The van der Waals surface area contributed by atoms with Crippen molar-refractivity contribution in [2.75, 3.05) is 6.61 Å². The number of hydrogen-bond acceptors (Lipinski definition) is 3. The van der Waals surface area contributed by atoms with Crippen LogP contribution in [0.2, 0.25) is 0 Å². The Morgan fingerprint density at radius 1 is 1.04 bits per heavy atom. The molecular weight excluding hydrogens is 367 g/mol. The van der Waals surface area contributed by atoms with Crippen LogP contribution in [0, 0.1) is 6.92 Å². The number of ether oxygens (including phenoxy) is 1. The molecule has 1 aliphatic carbocycles. The lowest BCUT2D eigenvalue weighted by Crippen LogP contribution is -2.04. The van der Waals surface area contributed by atoms with Gasteiger partial charge in [-0.15, -0.1) is 0 Å². The van der Waals surface area contributed by atoms with Gasteiger partial charge in [-0.05, 0) is 73.7 Å². The van der Waals surface area contributed by atoms with Crippen molar-refractivity contribution in [3.63, 3.8) is 0 Å². The third-order valence-electron chi connectivity index (χ3n) is 5.03. The highest BCUT2D eigenvalue weighted by Crippen LogP contribution is 2.31. The zero-order valence-electron chi connectivity index (χ0n) is 15.5. The Morgan fingerprint density at radius 3 is 2.54 bits per heavy atom. The average Bonchev–Trinajstić information content (AvgIpc) is 3.27. The molecule has 3 nitrogen and oxygen atoms in total. The Labute approximate surface area is 161 Å². The monoisotopic (exact) mass is 387 g/mol. The summed E-state index contributed by atoms with van der Waals surface area (Å²) >= 11 is 0. The van der Waals surface area contributed by atoms with E-state index in [1.54, 1.807) is 6.92 Å². The molecule has 3 aromatic rings. The van der Waals surface area contributed by atoms with E-state index in [4.69, 9.17) is 9.15 Å². The topological polar surface area (TPSA) is 35.3 Å². The van der Waals surface area contributed by atoms with Gasteiger partial charge in [-0.3, -0.25) is 0 Å². The van der Waals surface area contributed by atoms with Crippen LogP contribution in [0.15, 0.2) is 46.9 Å². The Morgan fingerprint density at radius 2 is 1.79 bits per heavy atom. The zero-order chi connectivity index (χ0) is 19.7. The number of aryl methyl sites for hydroxylation is 3. The van der Waals surface area contributed by atoms with E-state index in [0.29, 0.717) is 30.2 Å². The standard InChI is InChI=1S/C22H20F3NO2/c1-14-20(11-12-27-19-10-7-15-3-2-4-17(15)13-19)26-21(28-14)16-5-8-18(9-6-16)22(23,24)25/h5-10,13H,2-4,11-12H2,1H3. The van der Waals surface area contributed by atoms with E-state index in [0.717, 1.165) is 36.4 Å². The summed E-state index contributed by atoms with van der Waals surface area (Å²) in [5, 5.41) is 0. The van der Waals surface area contributed by atoms with E-state index in [-0.39, 0.29) is 0 Å². The second-order valence-corrected chi connectivity index (χ2v) is 6.98. The first-order chi connectivity index (χ1) is 13.4. The van der Waals surface area contributed by atoms with E-state index in [2.05, 4.69) is 17.1 Å². The molecule has 1 aromatic heterocycles. The molecule has 0 aliphatic heterocycles. The summed E-state index contributed by atoms with van der Waals surface area (Å²) in [6, 6.07) is 11.0. The summed E-state index contributed by atoms with van der Waals surface area (Å²) in [4.78, 5) is 4.43. The van der Waals surface area contributed by atoms with Gasteiger partial charge in [-0.1, -0.05) is 6.07 Å². The fourth-order valence-electron chi connectivity index (χ4n) is 3.49. The van der Waals surface area contributed by atoms with Crippen molar-refractivity contribution in [2.24, 2.45) is 0 Å². The molecule has 1 heterocycles. The number of benzene rings is 2. The molecule has 0 fully saturated rings. The number of nitrogens with zero attached hydrogens (tertiary/aromatic N) is 1. The fourth-order valence-corrected chi connectivity index (χ4v) is 3.49. The van der Waals surface area contributed by atoms with Gasteiger partial charge < -0.3 is 9.15 Å². The number of halogens is 3. The minimum atomic E-state index is -4.36. The SMILES string of the molecule is Cc1oc(-c2ccc(C(F)(F)F)cc2)nc1CCOc1ccc2c(c1)CCC2. The van der Waals surface area contributed by atoms with Crippen molar-refractivity contribution in [1.29, 1.82) is 0 Å². The maximum absolute atomic E-state index is 12.7. The van der Waals surface area contributed by atoms with E-state index in [9.17, 15) is 13.2 Å². The predicted octanol–water partition coefficient (Wildman–Crippen LogP) is 5.78. The van der Waals surface area contributed by atoms with Crippen LogP contribution in [-0.2, 0) is 25.4 Å². The molecule has 0 radical (unpaired) electrons. The quantitative estimate of drug-likeness (QED) is 0.557. The van der Waals surface area contributed by atoms with Gasteiger partial charge in [0.2, 0.25) is 5.89 Å². The smallest absolute Gasteiger partial charge is 0.416 e. The minimum absolute atomic E-state index is 0.318. The highest BCUT2D eigenvalue weighted by Gasteiger charge is 2.30. The molecule has 0 saturated carbocycles. The van der Waals surface area contributed by atoms with E-state index in [1.807, 2.05) is 6.07 Å². The summed E-state index contributed by atoms with van der Waals surface area (Å²) in [6.45, 7) is 2.25. The molecule has 28 heavy (non-hydrogen) atoms. The van der Waals surface area contributed by atoms with Gasteiger partial charge in [0.15, 0.2) is 0 Å². The van der Waals surface area contributed by atoms with Crippen molar-refractivity contribution < 1.29 is 22.3 Å². The summed E-state index contributed by atoms with van der Waals surface area (Å²) in [7, 11) is 0. The molecule has 4 rings (SSSR count). The van der Waals surface area contributed by atoms with Gasteiger partial charge in [0.1, 0.15) is 11.5 Å². The van der Waals surface area contributed by atoms with Crippen LogP contribution in [0.1, 0.15) is 34.6 Å². The summed E-state index contributed by atoms with van der Waals surface area (Å²) in [5.74, 6) is 1.82. The molecule has 0 atom stereocenters. The molecule has 0 saturated heterocycles. The van der Waals surface area contributed by atoms with E-state index >= 15 is 0 Å². The lowest BCUT2D eigenvalue weighted by atomic mass is 10.1. The lowest BCUT2D eigenvalue weighted by molar-refractivity contribution is -0.137. The van der Waals surface area contributed by atoms with E-state index in [1.165, 1.54) is 29.7 Å².